The molecule has 1 heterocycles. The Bertz CT molecular complexity index is 446. The molecule has 1 aromatic rings. The van der Waals surface area contributed by atoms with Crippen molar-refractivity contribution in [2.24, 2.45) is 0 Å². The Morgan fingerprint density at radius 3 is 2.89 bits per heavy atom. The van der Waals surface area contributed by atoms with Crippen LogP contribution in [0.2, 0.25) is 0 Å². The van der Waals surface area contributed by atoms with Gasteiger partial charge in [-0.1, -0.05) is 12.1 Å². The van der Waals surface area contributed by atoms with E-state index in [0.717, 1.165) is 19.4 Å². The summed E-state index contributed by atoms with van der Waals surface area (Å²) < 4.78 is 0. The van der Waals surface area contributed by atoms with Crippen molar-refractivity contribution in [2.75, 3.05) is 11.9 Å². The van der Waals surface area contributed by atoms with E-state index in [0.29, 0.717) is 6.42 Å². The molecular weight excluding hydrogens is 224 g/mol. The third kappa shape index (κ3) is 3.25. The van der Waals surface area contributed by atoms with Crippen LogP contribution in [0.4, 0.5) is 5.69 Å². The Kier molecular flexibility index (Phi) is 3.60. The molecule has 0 fully saturated rings. The molecule has 0 aromatic heterocycles. The van der Waals surface area contributed by atoms with Gasteiger partial charge in [0.2, 0.25) is 5.91 Å². The predicted molar refractivity (Wildman–Crippen MR) is 74.9 cm³/mol. The number of nitrogens with one attached hydrogen (secondary N) is 2. The smallest absolute Gasteiger partial charge is 0.220 e. The van der Waals surface area contributed by atoms with E-state index in [4.69, 9.17) is 0 Å². The quantitative estimate of drug-likeness (QED) is 0.860. The molecule has 2 rings (SSSR count). The first kappa shape index (κ1) is 12.9. The van der Waals surface area contributed by atoms with Crippen molar-refractivity contribution in [3.05, 3.63) is 29.3 Å². The second-order valence-corrected chi connectivity index (χ2v) is 5.92. The lowest BCUT2D eigenvalue weighted by molar-refractivity contribution is -0.122. The van der Waals surface area contributed by atoms with E-state index in [9.17, 15) is 4.79 Å². The van der Waals surface area contributed by atoms with Gasteiger partial charge in [-0.15, -0.1) is 0 Å². The van der Waals surface area contributed by atoms with Crippen molar-refractivity contribution in [2.45, 2.75) is 45.6 Å². The number of aryl methyl sites for hydroxylation is 1. The predicted octanol–water partition coefficient (Wildman–Crippen LogP) is 2.50. The summed E-state index contributed by atoms with van der Waals surface area (Å²) in [6.07, 6.45) is 2.47. The van der Waals surface area contributed by atoms with Gasteiger partial charge in [-0.2, -0.15) is 0 Å². The van der Waals surface area contributed by atoms with Gasteiger partial charge in [-0.3, -0.25) is 4.79 Å². The topological polar surface area (TPSA) is 41.1 Å². The number of carbonyl (C=O) groups excluding carboxylic acids is 1. The molecule has 3 nitrogen and oxygen atoms in total. The fourth-order valence-corrected chi connectivity index (χ4v) is 2.38. The first-order valence-corrected chi connectivity index (χ1v) is 6.61. The zero-order chi connectivity index (χ0) is 13.2. The van der Waals surface area contributed by atoms with Gasteiger partial charge in [-0.05, 0) is 50.8 Å². The fraction of sp³-hybridized carbons (Fsp3) is 0.533. The molecule has 0 radical (unpaired) electrons. The highest BCUT2D eigenvalue weighted by Crippen LogP contribution is 2.26. The van der Waals surface area contributed by atoms with Gasteiger partial charge in [0.05, 0.1) is 0 Å². The highest BCUT2D eigenvalue weighted by Gasteiger charge is 2.16. The van der Waals surface area contributed by atoms with Crippen molar-refractivity contribution in [1.82, 2.24) is 5.32 Å². The van der Waals surface area contributed by atoms with Crippen LogP contribution in [-0.2, 0) is 17.6 Å². The number of hydrogen-bond donors (Lipinski definition) is 2. The van der Waals surface area contributed by atoms with Crippen LogP contribution in [0.5, 0.6) is 0 Å². The summed E-state index contributed by atoms with van der Waals surface area (Å²) in [4.78, 5) is 11.8. The van der Waals surface area contributed by atoms with Gasteiger partial charge >= 0.3 is 0 Å². The number of carbonyl (C=O) groups is 1. The number of anilines is 1. The molecule has 2 N–H and O–H groups in total. The summed E-state index contributed by atoms with van der Waals surface area (Å²) in [7, 11) is 0. The van der Waals surface area contributed by atoms with Crippen LogP contribution in [-0.4, -0.2) is 18.0 Å². The maximum Gasteiger partial charge on any atom is 0.220 e. The van der Waals surface area contributed by atoms with Crippen molar-refractivity contribution in [3.63, 3.8) is 0 Å². The Morgan fingerprint density at radius 2 is 2.17 bits per heavy atom. The Balaban J connectivity index is 1.95. The van der Waals surface area contributed by atoms with Crippen molar-refractivity contribution in [3.8, 4) is 0 Å². The summed E-state index contributed by atoms with van der Waals surface area (Å²) >= 11 is 0. The van der Waals surface area contributed by atoms with E-state index in [1.165, 1.54) is 16.8 Å². The molecule has 3 heteroatoms. The molecule has 1 aliphatic rings. The van der Waals surface area contributed by atoms with Crippen LogP contribution < -0.4 is 10.6 Å². The maximum atomic E-state index is 11.8. The van der Waals surface area contributed by atoms with Crippen LogP contribution in [0.1, 0.15) is 38.3 Å². The number of fused-ring (bicyclic) bond motifs is 1. The van der Waals surface area contributed by atoms with E-state index >= 15 is 0 Å². The van der Waals surface area contributed by atoms with Crippen molar-refractivity contribution >= 4 is 11.6 Å². The first-order valence-electron chi connectivity index (χ1n) is 6.61. The molecule has 1 aliphatic heterocycles. The van der Waals surface area contributed by atoms with Gasteiger partial charge in [0.1, 0.15) is 0 Å². The number of benzene rings is 1. The van der Waals surface area contributed by atoms with Gasteiger partial charge in [0, 0.05) is 24.2 Å². The van der Waals surface area contributed by atoms with E-state index in [1.54, 1.807) is 0 Å². The van der Waals surface area contributed by atoms with Crippen LogP contribution in [0.25, 0.3) is 0 Å². The van der Waals surface area contributed by atoms with E-state index in [1.807, 2.05) is 20.8 Å². The molecule has 0 atom stereocenters. The zero-order valence-electron chi connectivity index (χ0n) is 11.5. The zero-order valence-corrected chi connectivity index (χ0v) is 11.5. The third-order valence-electron chi connectivity index (χ3n) is 3.10. The number of rotatable bonds is 3. The second kappa shape index (κ2) is 5.01. The lowest BCUT2D eigenvalue weighted by Crippen LogP contribution is -2.40. The highest BCUT2D eigenvalue weighted by atomic mass is 16.1. The largest absolute Gasteiger partial charge is 0.384 e. The van der Waals surface area contributed by atoms with E-state index in [-0.39, 0.29) is 11.4 Å². The van der Waals surface area contributed by atoms with Crippen molar-refractivity contribution in [1.29, 1.82) is 0 Å². The SMILES string of the molecule is CC(C)(C)NC(=O)CCc1cccc2c1CCN2. The van der Waals surface area contributed by atoms with Gasteiger partial charge < -0.3 is 10.6 Å². The monoisotopic (exact) mass is 246 g/mol. The van der Waals surface area contributed by atoms with Crippen molar-refractivity contribution < 1.29 is 4.79 Å². The molecule has 0 unspecified atom stereocenters. The number of amides is 1. The van der Waals surface area contributed by atoms with Crippen LogP contribution >= 0.6 is 0 Å². The molecule has 0 saturated carbocycles. The molecule has 0 bridgehead atoms. The first-order chi connectivity index (χ1) is 8.46. The average molecular weight is 246 g/mol. The number of hydrogen-bond acceptors (Lipinski definition) is 2. The van der Waals surface area contributed by atoms with E-state index < -0.39 is 0 Å². The minimum Gasteiger partial charge on any atom is -0.384 e. The lowest BCUT2D eigenvalue weighted by Gasteiger charge is -2.20. The lowest BCUT2D eigenvalue weighted by atomic mass is 10.00. The minimum absolute atomic E-state index is 0.131. The summed E-state index contributed by atoms with van der Waals surface area (Å²) in [5.41, 5.74) is 3.79. The highest BCUT2D eigenvalue weighted by molar-refractivity contribution is 5.77. The standard InChI is InChI=1S/C15H22N2O/c1-15(2,3)17-14(18)8-7-11-5-4-6-13-12(11)9-10-16-13/h4-6,16H,7-10H2,1-3H3,(H,17,18). The molecule has 98 valence electrons. The maximum absolute atomic E-state index is 11.8. The van der Waals surface area contributed by atoms with Gasteiger partial charge in [0.25, 0.3) is 0 Å². The van der Waals surface area contributed by atoms with Gasteiger partial charge in [-0.25, -0.2) is 0 Å². The second-order valence-electron chi connectivity index (χ2n) is 5.92. The molecule has 0 spiro atoms. The summed E-state index contributed by atoms with van der Waals surface area (Å²) in [6.45, 7) is 7.04. The minimum atomic E-state index is -0.142. The average Bonchev–Trinajstić information content (AvgIpc) is 2.72. The summed E-state index contributed by atoms with van der Waals surface area (Å²) in [5.74, 6) is 0.131. The Labute approximate surface area is 109 Å². The summed E-state index contributed by atoms with van der Waals surface area (Å²) in [5, 5.41) is 6.37. The normalized spacial score (nSPS) is 13.9. The molecule has 0 saturated heterocycles. The Hall–Kier alpha value is -1.51. The van der Waals surface area contributed by atoms with Crippen LogP contribution in [0, 0.1) is 0 Å². The Morgan fingerprint density at radius 1 is 1.39 bits per heavy atom. The third-order valence-corrected chi connectivity index (χ3v) is 3.10. The van der Waals surface area contributed by atoms with Crippen LogP contribution in [0.15, 0.2) is 18.2 Å². The summed E-state index contributed by atoms with van der Waals surface area (Å²) in [6, 6.07) is 6.31. The fourth-order valence-electron chi connectivity index (χ4n) is 2.38. The van der Waals surface area contributed by atoms with Gasteiger partial charge in [0.15, 0.2) is 0 Å². The molecule has 1 amide bonds. The molecule has 0 aliphatic carbocycles. The van der Waals surface area contributed by atoms with Crippen LogP contribution in [0.3, 0.4) is 0 Å². The molecule has 18 heavy (non-hydrogen) atoms. The van der Waals surface area contributed by atoms with E-state index in [2.05, 4.69) is 28.8 Å². The molecule has 1 aromatic carbocycles. The molecular formula is C15H22N2O.